The van der Waals surface area contributed by atoms with Gasteiger partial charge in [-0.25, -0.2) is 0 Å². The standard InChI is InChI=1S/C9H11N3O2/c1-7(8-2-3-13-5-8)10-4-9-11-6-14-12-9/h2-3,5-7,10H,4H2,1H3. The molecule has 5 heteroatoms. The molecule has 0 radical (unpaired) electrons. The molecule has 0 bridgehead atoms. The molecule has 14 heavy (non-hydrogen) atoms. The summed E-state index contributed by atoms with van der Waals surface area (Å²) in [5, 5.41) is 6.94. The van der Waals surface area contributed by atoms with Crippen LogP contribution in [0, 0.1) is 0 Å². The molecular formula is C9H11N3O2. The smallest absolute Gasteiger partial charge is 0.213 e. The number of nitrogens with one attached hydrogen (secondary N) is 1. The summed E-state index contributed by atoms with van der Waals surface area (Å²) >= 11 is 0. The Morgan fingerprint density at radius 2 is 2.50 bits per heavy atom. The minimum atomic E-state index is 0.215. The fraction of sp³-hybridized carbons (Fsp3) is 0.333. The molecule has 0 fully saturated rings. The van der Waals surface area contributed by atoms with Crippen molar-refractivity contribution in [2.24, 2.45) is 0 Å². The molecule has 1 atom stereocenters. The molecular weight excluding hydrogens is 182 g/mol. The highest BCUT2D eigenvalue weighted by molar-refractivity contribution is 5.10. The summed E-state index contributed by atoms with van der Waals surface area (Å²) in [5.41, 5.74) is 1.11. The lowest BCUT2D eigenvalue weighted by molar-refractivity contribution is 0.405. The van der Waals surface area contributed by atoms with Crippen LogP contribution in [0.2, 0.25) is 0 Å². The molecule has 1 unspecified atom stereocenters. The molecule has 5 nitrogen and oxygen atoms in total. The van der Waals surface area contributed by atoms with Gasteiger partial charge in [0.05, 0.1) is 19.1 Å². The van der Waals surface area contributed by atoms with Crippen molar-refractivity contribution in [1.82, 2.24) is 15.5 Å². The second kappa shape index (κ2) is 4.06. The lowest BCUT2D eigenvalue weighted by atomic mass is 10.2. The highest BCUT2D eigenvalue weighted by Gasteiger charge is 2.06. The highest BCUT2D eigenvalue weighted by Crippen LogP contribution is 2.12. The van der Waals surface area contributed by atoms with Gasteiger partial charge in [-0.1, -0.05) is 5.16 Å². The molecule has 0 amide bonds. The van der Waals surface area contributed by atoms with Crippen molar-refractivity contribution >= 4 is 0 Å². The van der Waals surface area contributed by atoms with E-state index in [4.69, 9.17) is 4.42 Å². The van der Waals surface area contributed by atoms with E-state index in [0.29, 0.717) is 12.4 Å². The van der Waals surface area contributed by atoms with E-state index in [9.17, 15) is 0 Å². The number of furan rings is 1. The Balaban J connectivity index is 1.87. The van der Waals surface area contributed by atoms with Crippen LogP contribution in [0.1, 0.15) is 24.4 Å². The third-order valence-electron chi connectivity index (χ3n) is 2.02. The first-order valence-corrected chi connectivity index (χ1v) is 4.37. The maximum Gasteiger partial charge on any atom is 0.213 e. The number of rotatable bonds is 4. The number of hydrogen-bond donors (Lipinski definition) is 1. The largest absolute Gasteiger partial charge is 0.472 e. The molecule has 0 aliphatic carbocycles. The second-order valence-corrected chi connectivity index (χ2v) is 3.01. The summed E-state index contributed by atoms with van der Waals surface area (Å²) in [4.78, 5) is 3.91. The number of hydrogen-bond acceptors (Lipinski definition) is 5. The quantitative estimate of drug-likeness (QED) is 0.797. The third-order valence-corrected chi connectivity index (χ3v) is 2.02. The molecule has 0 saturated heterocycles. The van der Waals surface area contributed by atoms with E-state index in [0.717, 1.165) is 5.56 Å². The van der Waals surface area contributed by atoms with Crippen molar-refractivity contribution in [3.05, 3.63) is 36.4 Å². The maximum atomic E-state index is 4.98. The van der Waals surface area contributed by atoms with E-state index in [1.807, 2.05) is 13.0 Å². The first kappa shape index (κ1) is 8.96. The molecule has 2 heterocycles. The van der Waals surface area contributed by atoms with Crippen molar-refractivity contribution in [2.45, 2.75) is 19.5 Å². The van der Waals surface area contributed by atoms with Gasteiger partial charge in [-0.2, -0.15) is 4.98 Å². The van der Waals surface area contributed by atoms with Crippen molar-refractivity contribution in [1.29, 1.82) is 0 Å². The van der Waals surface area contributed by atoms with E-state index < -0.39 is 0 Å². The van der Waals surface area contributed by atoms with Gasteiger partial charge < -0.3 is 14.3 Å². The van der Waals surface area contributed by atoms with Gasteiger partial charge in [-0.3, -0.25) is 0 Å². The van der Waals surface area contributed by atoms with Gasteiger partial charge >= 0.3 is 0 Å². The Hall–Kier alpha value is -1.62. The molecule has 1 N–H and O–H groups in total. The molecule has 0 aromatic carbocycles. The summed E-state index contributed by atoms with van der Waals surface area (Å²) in [5.74, 6) is 0.653. The Morgan fingerprint density at radius 1 is 1.57 bits per heavy atom. The van der Waals surface area contributed by atoms with Crippen LogP contribution in [0.3, 0.4) is 0 Å². The molecule has 0 saturated carbocycles. The predicted octanol–water partition coefficient (Wildman–Crippen LogP) is 1.51. The van der Waals surface area contributed by atoms with Crippen molar-refractivity contribution < 1.29 is 8.94 Å². The van der Waals surface area contributed by atoms with Crippen molar-refractivity contribution in [2.75, 3.05) is 0 Å². The lowest BCUT2D eigenvalue weighted by Crippen LogP contribution is -2.18. The van der Waals surface area contributed by atoms with E-state index in [1.54, 1.807) is 12.5 Å². The van der Waals surface area contributed by atoms with Crippen LogP contribution in [-0.4, -0.2) is 10.1 Å². The van der Waals surface area contributed by atoms with Crippen LogP contribution < -0.4 is 5.32 Å². The zero-order valence-corrected chi connectivity index (χ0v) is 7.80. The summed E-state index contributed by atoms with van der Waals surface area (Å²) in [6, 6.07) is 2.14. The Morgan fingerprint density at radius 3 is 3.14 bits per heavy atom. The summed E-state index contributed by atoms with van der Waals surface area (Å²) in [7, 11) is 0. The van der Waals surface area contributed by atoms with E-state index in [-0.39, 0.29) is 6.04 Å². The topological polar surface area (TPSA) is 64.1 Å². The van der Waals surface area contributed by atoms with Gasteiger partial charge in [0.1, 0.15) is 0 Å². The van der Waals surface area contributed by atoms with Crippen molar-refractivity contribution in [3.63, 3.8) is 0 Å². The molecule has 2 rings (SSSR count). The summed E-state index contributed by atoms with van der Waals surface area (Å²) in [6.45, 7) is 2.63. The Labute approximate surface area is 81.1 Å². The van der Waals surface area contributed by atoms with Gasteiger partial charge in [0.25, 0.3) is 0 Å². The third kappa shape index (κ3) is 2.00. The van der Waals surface area contributed by atoms with Gasteiger partial charge in [-0.05, 0) is 13.0 Å². The average Bonchev–Trinajstić information content (AvgIpc) is 2.87. The fourth-order valence-corrected chi connectivity index (χ4v) is 1.15. The number of aromatic nitrogens is 2. The minimum Gasteiger partial charge on any atom is -0.472 e. The Bertz CT molecular complexity index is 355. The normalized spacial score (nSPS) is 12.9. The average molecular weight is 193 g/mol. The second-order valence-electron chi connectivity index (χ2n) is 3.01. The Kier molecular flexibility index (Phi) is 2.60. The highest BCUT2D eigenvalue weighted by atomic mass is 16.5. The monoisotopic (exact) mass is 193 g/mol. The molecule has 2 aromatic heterocycles. The first-order chi connectivity index (χ1) is 6.86. The van der Waals surface area contributed by atoms with Gasteiger partial charge in [-0.15, -0.1) is 0 Å². The van der Waals surface area contributed by atoms with Crippen molar-refractivity contribution in [3.8, 4) is 0 Å². The van der Waals surface area contributed by atoms with Crippen LogP contribution in [0.15, 0.2) is 33.9 Å². The molecule has 2 aromatic rings. The van der Waals surface area contributed by atoms with Crippen LogP contribution in [0.5, 0.6) is 0 Å². The van der Waals surface area contributed by atoms with E-state index in [1.165, 1.54) is 6.39 Å². The fourth-order valence-electron chi connectivity index (χ4n) is 1.15. The maximum absolute atomic E-state index is 4.98. The summed E-state index contributed by atoms with van der Waals surface area (Å²) < 4.78 is 9.60. The van der Waals surface area contributed by atoms with Gasteiger partial charge in [0, 0.05) is 11.6 Å². The van der Waals surface area contributed by atoms with Crippen LogP contribution >= 0.6 is 0 Å². The number of nitrogens with zero attached hydrogens (tertiary/aromatic N) is 2. The van der Waals surface area contributed by atoms with Crippen LogP contribution in [-0.2, 0) is 6.54 Å². The van der Waals surface area contributed by atoms with Crippen LogP contribution in [0.25, 0.3) is 0 Å². The molecule has 0 spiro atoms. The van der Waals surface area contributed by atoms with E-state index in [2.05, 4.69) is 20.0 Å². The minimum absolute atomic E-state index is 0.215. The zero-order valence-electron chi connectivity index (χ0n) is 7.80. The molecule has 74 valence electrons. The SMILES string of the molecule is CC(NCc1ncon1)c1ccoc1. The lowest BCUT2D eigenvalue weighted by Gasteiger charge is -2.08. The molecule has 0 aliphatic heterocycles. The predicted molar refractivity (Wildman–Crippen MR) is 48.3 cm³/mol. The first-order valence-electron chi connectivity index (χ1n) is 4.37. The van der Waals surface area contributed by atoms with E-state index >= 15 is 0 Å². The zero-order chi connectivity index (χ0) is 9.80. The van der Waals surface area contributed by atoms with Gasteiger partial charge in [0.2, 0.25) is 6.39 Å². The van der Waals surface area contributed by atoms with Gasteiger partial charge in [0.15, 0.2) is 5.82 Å². The summed E-state index contributed by atoms with van der Waals surface area (Å²) in [6.07, 6.45) is 4.69. The van der Waals surface area contributed by atoms with Crippen LogP contribution in [0.4, 0.5) is 0 Å². The molecule has 0 aliphatic rings.